The van der Waals surface area contributed by atoms with Crippen molar-refractivity contribution in [3.05, 3.63) is 89.7 Å². The molecule has 3 aromatic rings. The topological polar surface area (TPSA) is 84.9 Å². The zero-order valence-electron chi connectivity index (χ0n) is 19.4. The molecule has 1 aliphatic heterocycles. The van der Waals surface area contributed by atoms with Gasteiger partial charge in [-0.25, -0.2) is 4.39 Å². The van der Waals surface area contributed by atoms with E-state index in [-0.39, 0.29) is 42.3 Å². The van der Waals surface area contributed by atoms with Gasteiger partial charge in [0.15, 0.2) is 19.0 Å². The van der Waals surface area contributed by atoms with Gasteiger partial charge in [-0.05, 0) is 49.7 Å². The Morgan fingerprint density at radius 1 is 1.06 bits per heavy atom. The molecular weight excluding hydrogens is 451 g/mol. The molecule has 3 aromatic carbocycles. The number of ketones is 1. The molecule has 2 amide bonds. The van der Waals surface area contributed by atoms with Crippen LogP contribution in [0.15, 0.2) is 72.8 Å². The predicted molar refractivity (Wildman–Crippen MR) is 128 cm³/mol. The van der Waals surface area contributed by atoms with Crippen molar-refractivity contribution >= 4 is 23.3 Å². The van der Waals surface area contributed by atoms with E-state index >= 15 is 0 Å². The van der Waals surface area contributed by atoms with Gasteiger partial charge in [0, 0.05) is 11.6 Å². The highest BCUT2D eigenvalue weighted by Gasteiger charge is 2.34. The van der Waals surface area contributed by atoms with Gasteiger partial charge in [0.1, 0.15) is 23.4 Å². The molecule has 0 bridgehead atoms. The molecule has 180 valence electrons. The summed E-state index contributed by atoms with van der Waals surface area (Å²) in [5.74, 6) is -0.951. The average Bonchev–Trinajstić information content (AvgIpc) is 2.87. The lowest BCUT2D eigenvalue weighted by Crippen LogP contribution is -2.51. The number of ether oxygens (including phenoxy) is 2. The molecular formula is C27H25FN2O5. The highest BCUT2D eigenvalue weighted by Crippen LogP contribution is 2.34. The van der Waals surface area contributed by atoms with Crippen LogP contribution < -0.4 is 19.7 Å². The number of nitrogens with one attached hydrogen (secondary N) is 1. The maximum absolute atomic E-state index is 13.4. The third-order valence-electron chi connectivity index (χ3n) is 5.75. The van der Waals surface area contributed by atoms with E-state index in [1.807, 2.05) is 37.3 Å². The number of hydrogen-bond acceptors (Lipinski definition) is 5. The SMILES string of the molecule is C[C@@H](NC(=O)[C@H](C)N1C(=O)COc2ccc(C(=O)COc3cccc(F)c3)cc21)c1ccccc1. The van der Waals surface area contributed by atoms with Crippen molar-refractivity contribution in [2.75, 3.05) is 18.1 Å². The minimum absolute atomic E-state index is 0.213. The fourth-order valence-corrected chi connectivity index (χ4v) is 3.83. The van der Waals surface area contributed by atoms with Crippen molar-refractivity contribution in [3.8, 4) is 11.5 Å². The maximum Gasteiger partial charge on any atom is 0.265 e. The fraction of sp³-hybridized carbons (Fsp3) is 0.222. The normalized spacial score (nSPS) is 14.4. The van der Waals surface area contributed by atoms with Crippen LogP contribution >= 0.6 is 0 Å². The van der Waals surface area contributed by atoms with Gasteiger partial charge in [0.25, 0.3) is 5.91 Å². The Bertz CT molecular complexity index is 1250. The molecule has 0 radical (unpaired) electrons. The Morgan fingerprint density at radius 3 is 2.57 bits per heavy atom. The molecule has 1 heterocycles. The Hall–Kier alpha value is -4.20. The number of amides is 2. The molecule has 8 heteroatoms. The monoisotopic (exact) mass is 476 g/mol. The molecule has 0 aromatic heterocycles. The number of rotatable bonds is 8. The molecule has 0 saturated carbocycles. The van der Waals surface area contributed by atoms with Crippen molar-refractivity contribution < 1.29 is 28.2 Å². The number of fused-ring (bicyclic) bond motifs is 1. The summed E-state index contributed by atoms with van der Waals surface area (Å²) in [5, 5.41) is 2.93. The number of carbonyl (C=O) groups is 3. The van der Waals surface area contributed by atoms with E-state index in [1.165, 1.54) is 29.2 Å². The second-order valence-electron chi connectivity index (χ2n) is 8.22. The number of Topliss-reactive ketones (excluding diaryl/α,β-unsaturated/α-hetero) is 1. The molecule has 0 aliphatic carbocycles. The summed E-state index contributed by atoms with van der Waals surface area (Å²) in [5.41, 5.74) is 1.54. The minimum atomic E-state index is -0.842. The lowest BCUT2D eigenvalue weighted by molar-refractivity contribution is -0.127. The standard InChI is InChI=1S/C27H25FN2O5/c1-17(19-7-4-3-5-8-19)29-27(33)18(2)30-23-13-20(11-12-25(23)35-16-26(30)32)24(31)15-34-22-10-6-9-21(28)14-22/h3-14,17-18H,15-16H2,1-2H3,(H,29,33)/t17-,18+/m1/s1. The van der Waals surface area contributed by atoms with Crippen LogP contribution in [-0.4, -0.2) is 36.9 Å². The van der Waals surface area contributed by atoms with Crippen LogP contribution in [0.3, 0.4) is 0 Å². The highest BCUT2D eigenvalue weighted by molar-refractivity contribution is 6.06. The Balaban J connectivity index is 1.51. The van der Waals surface area contributed by atoms with Crippen LogP contribution in [0.5, 0.6) is 11.5 Å². The molecule has 0 spiro atoms. The van der Waals surface area contributed by atoms with E-state index in [0.717, 1.165) is 5.56 Å². The summed E-state index contributed by atoms with van der Waals surface area (Å²) in [6.45, 7) is 2.96. The second-order valence-corrected chi connectivity index (χ2v) is 8.22. The van der Waals surface area contributed by atoms with E-state index in [9.17, 15) is 18.8 Å². The van der Waals surface area contributed by atoms with Crippen molar-refractivity contribution in [2.45, 2.75) is 25.9 Å². The van der Waals surface area contributed by atoms with Gasteiger partial charge < -0.3 is 14.8 Å². The summed E-state index contributed by atoms with van der Waals surface area (Å²) in [7, 11) is 0. The highest BCUT2D eigenvalue weighted by atomic mass is 19.1. The number of benzene rings is 3. The fourth-order valence-electron chi connectivity index (χ4n) is 3.83. The summed E-state index contributed by atoms with van der Waals surface area (Å²) in [6, 6.07) is 18.6. The second kappa shape index (κ2) is 10.4. The molecule has 2 atom stereocenters. The zero-order chi connectivity index (χ0) is 24.9. The van der Waals surface area contributed by atoms with Gasteiger partial charge >= 0.3 is 0 Å². The van der Waals surface area contributed by atoms with Gasteiger partial charge in [-0.3, -0.25) is 19.3 Å². The first-order valence-corrected chi connectivity index (χ1v) is 11.2. The van der Waals surface area contributed by atoms with Gasteiger partial charge in [-0.2, -0.15) is 0 Å². The van der Waals surface area contributed by atoms with Crippen LogP contribution in [0.1, 0.15) is 35.8 Å². The zero-order valence-corrected chi connectivity index (χ0v) is 19.4. The van der Waals surface area contributed by atoms with Crippen LogP contribution in [0.2, 0.25) is 0 Å². The van der Waals surface area contributed by atoms with Crippen molar-refractivity contribution in [2.24, 2.45) is 0 Å². The number of carbonyl (C=O) groups excluding carboxylic acids is 3. The lowest BCUT2D eigenvalue weighted by atomic mass is 10.1. The minimum Gasteiger partial charge on any atom is -0.485 e. The first-order valence-electron chi connectivity index (χ1n) is 11.2. The molecule has 0 saturated heterocycles. The lowest BCUT2D eigenvalue weighted by Gasteiger charge is -2.34. The number of hydrogen-bond donors (Lipinski definition) is 1. The number of halogens is 1. The van der Waals surface area contributed by atoms with Crippen LogP contribution in [0.4, 0.5) is 10.1 Å². The molecule has 7 nitrogen and oxygen atoms in total. The molecule has 4 rings (SSSR count). The van der Waals surface area contributed by atoms with E-state index in [0.29, 0.717) is 11.4 Å². The summed E-state index contributed by atoms with van der Waals surface area (Å²) in [6.07, 6.45) is 0. The van der Waals surface area contributed by atoms with E-state index in [1.54, 1.807) is 25.1 Å². The van der Waals surface area contributed by atoms with Crippen LogP contribution in [-0.2, 0) is 9.59 Å². The predicted octanol–water partition coefficient (Wildman–Crippen LogP) is 4.08. The van der Waals surface area contributed by atoms with Crippen molar-refractivity contribution in [1.82, 2.24) is 5.32 Å². The Morgan fingerprint density at radius 2 is 1.83 bits per heavy atom. The average molecular weight is 477 g/mol. The molecule has 1 N–H and O–H groups in total. The van der Waals surface area contributed by atoms with E-state index in [4.69, 9.17) is 9.47 Å². The molecule has 35 heavy (non-hydrogen) atoms. The summed E-state index contributed by atoms with van der Waals surface area (Å²) >= 11 is 0. The van der Waals surface area contributed by atoms with Gasteiger partial charge in [-0.1, -0.05) is 36.4 Å². The van der Waals surface area contributed by atoms with E-state index < -0.39 is 17.8 Å². The smallest absolute Gasteiger partial charge is 0.265 e. The van der Waals surface area contributed by atoms with Gasteiger partial charge in [-0.15, -0.1) is 0 Å². The third kappa shape index (κ3) is 5.48. The van der Waals surface area contributed by atoms with Gasteiger partial charge in [0.2, 0.25) is 5.91 Å². The van der Waals surface area contributed by atoms with Crippen LogP contribution in [0.25, 0.3) is 0 Å². The quantitative estimate of drug-likeness (QED) is 0.496. The molecule has 0 fully saturated rings. The third-order valence-corrected chi connectivity index (χ3v) is 5.75. The molecule has 1 aliphatic rings. The van der Waals surface area contributed by atoms with Crippen LogP contribution in [0, 0.1) is 5.82 Å². The summed E-state index contributed by atoms with van der Waals surface area (Å²) in [4.78, 5) is 39.9. The Labute approximate surface area is 202 Å². The first kappa shape index (κ1) is 23.9. The Kier molecular flexibility index (Phi) is 7.10. The maximum atomic E-state index is 13.4. The number of anilines is 1. The van der Waals surface area contributed by atoms with E-state index in [2.05, 4.69) is 5.32 Å². The largest absolute Gasteiger partial charge is 0.485 e. The number of nitrogens with zero attached hydrogens (tertiary/aromatic N) is 1. The van der Waals surface area contributed by atoms with Crippen molar-refractivity contribution in [3.63, 3.8) is 0 Å². The first-order chi connectivity index (χ1) is 16.8. The van der Waals surface area contributed by atoms with Gasteiger partial charge in [0.05, 0.1) is 11.7 Å². The van der Waals surface area contributed by atoms with Crippen molar-refractivity contribution in [1.29, 1.82) is 0 Å². The molecule has 0 unspecified atom stereocenters. The summed E-state index contributed by atoms with van der Waals surface area (Å²) < 4.78 is 24.3.